The van der Waals surface area contributed by atoms with E-state index in [4.69, 9.17) is 4.74 Å². The molecule has 3 N–H and O–H groups in total. The van der Waals surface area contributed by atoms with Crippen molar-refractivity contribution in [3.05, 3.63) is 65.7 Å². The highest BCUT2D eigenvalue weighted by molar-refractivity contribution is 5.92. The first-order valence-corrected chi connectivity index (χ1v) is 14.5. The maximum atomic E-state index is 14.4. The molecule has 2 unspecified atom stereocenters. The Morgan fingerprint density at radius 3 is 2.25 bits per heavy atom. The van der Waals surface area contributed by atoms with Gasteiger partial charge in [-0.3, -0.25) is 9.59 Å². The minimum atomic E-state index is -0.948. The van der Waals surface area contributed by atoms with Gasteiger partial charge in [-0.15, -0.1) is 0 Å². The summed E-state index contributed by atoms with van der Waals surface area (Å²) in [4.78, 5) is 42.7. The Morgan fingerprint density at radius 2 is 1.65 bits per heavy atom. The van der Waals surface area contributed by atoms with Crippen LogP contribution in [0, 0.1) is 0 Å². The first-order chi connectivity index (χ1) is 19.1. The summed E-state index contributed by atoms with van der Waals surface area (Å²) in [5.41, 5.74) is 0.743. The van der Waals surface area contributed by atoms with Crippen molar-refractivity contribution in [1.82, 2.24) is 15.5 Å². The fourth-order valence-corrected chi connectivity index (χ4v) is 5.05. The maximum Gasteiger partial charge on any atom is 0.408 e. The topological polar surface area (TPSA) is 108 Å². The molecular weight excluding hydrogens is 506 g/mol. The third kappa shape index (κ3) is 9.57. The Balaban J connectivity index is 1.98. The van der Waals surface area contributed by atoms with Crippen molar-refractivity contribution in [3.8, 4) is 5.75 Å². The van der Waals surface area contributed by atoms with Crippen molar-refractivity contribution in [2.75, 3.05) is 6.54 Å². The number of nitrogens with zero attached hydrogens (tertiary/aromatic N) is 1. The Kier molecular flexibility index (Phi) is 11.4. The monoisotopic (exact) mass is 551 g/mol. The van der Waals surface area contributed by atoms with Crippen LogP contribution in [-0.2, 0) is 20.7 Å². The second-order valence-electron chi connectivity index (χ2n) is 11.6. The second kappa shape index (κ2) is 14.7. The number of carbonyl (C=O) groups excluding carboxylic acids is 3. The third-order valence-electron chi connectivity index (χ3n) is 7.03. The number of benzene rings is 2. The van der Waals surface area contributed by atoms with Crippen LogP contribution >= 0.6 is 0 Å². The molecule has 8 nitrogen and oxygen atoms in total. The lowest BCUT2D eigenvalue weighted by atomic mass is 9.94. The van der Waals surface area contributed by atoms with Gasteiger partial charge >= 0.3 is 6.09 Å². The molecule has 0 aromatic heterocycles. The van der Waals surface area contributed by atoms with Crippen LogP contribution in [0.4, 0.5) is 4.79 Å². The number of unbranched alkanes of at least 4 members (excludes halogenated alkanes) is 1. The van der Waals surface area contributed by atoms with Crippen LogP contribution in [0.2, 0.25) is 0 Å². The molecule has 40 heavy (non-hydrogen) atoms. The fourth-order valence-electron chi connectivity index (χ4n) is 5.05. The molecule has 0 saturated heterocycles. The summed E-state index contributed by atoms with van der Waals surface area (Å²) in [6.07, 6.45) is 6.16. The molecule has 3 rings (SSSR count). The molecule has 1 saturated carbocycles. The number of aromatic hydroxyl groups is 1. The number of rotatable bonds is 11. The third-order valence-corrected chi connectivity index (χ3v) is 7.03. The van der Waals surface area contributed by atoms with Gasteiger partial charge in [0, 0.05) is 19.0 Å². The molecule has 218 valence electrons. The van der Waals surface area contributed by atoms with Gasteiger partial charge in [-0.2, -0.15) is 0 Å². The molecule has 2 atom stereocenters. The van der Waals surface area contributed by atoms with E-state index in [0.717, 1.165) is 44.1 Å². The van der Waals surface area contributed by atoms with Gasteiger partial charge in [-0.25, -0.2) is 4.79 Å². The molecule has 2 aromatic carbocycles. The number of ether oxygens (including phenoxy) is 1. The van der Waals surface area contributed by atoms with Crippen LogP contribution in [0.3, 0.4) is 0 Å². The summed E-state index contributed by atoms with van der Waals surface area (Å²) in [5.74, 6) is -0.534. The molecule has 0 spiro atoms. The van der Waals surface area contributed by atoms with Gasteiger partial charge in [0.1, 0.15) is 23.4 Å². The smallest absolute Gasteiger partial charge is 0.408 e. The molecule has 1 aliphatic carbocycles. The van der Waals surface area contributed by atoms with Crippen LogP contribution in [-0.4, -0.2) is 52.1 Å². The highest BCUT2D eigenvalue weighted by Gasteiger charge is 2.37. The summed E-state index contributed by atoms with van der Waals surface area (Å²) < 4.78 is 5.50. The molecule has 0 aliphatic heterocycles. The van der Waals surface area contributed by atoms with Gasteiger partial charge in [0.15, 0.2) is 0 Å². The Morgan fingerprint density at radius 1 is 1.00 bits per heavy atom. The average Bonchev–Trinajstić information content (AvgIpc) is 2.91. The van der Waals surface area contributed by atoms with Gasteiger partial charge in [0.05, 0.1) is 0 Å². The normalized spacial score (nSPS) is 15.5. The van der Waals surface area contributed by atoms with E-state index in [1.54, 1.807) is 37.8 Å². The Hall–Kier alpha value is -3.55. The maximum absolute atomic E-state index is 14.4. The molecule has 2 aromatic rings. The van der Waals surface area contributed by atoms with Crippen molar-refractivity contribution in [3.63, 3.8) is 0 Å². The lowest BCUT2D eigenvalue weighted by Gasteiger charge is -2.36. The van der Waals surface area contributed by atoms with E-state index >= 15 is 0 Å². The minimum absolute atomic E-state index is 0.0593. The van der Waals surface area contributed by atoms with E-state index in [9.17, 15) is 19.5 Å². The van der Waals surface area contributed by atoms with Crippen molar-refractivity contribution in [2.45, 2.75) is 103 Å². The van der Waals surface area contributed by atoms with Gasteiger partial charge in [0.25, 0.3) is 0 Å². The molecule has 0 heterocycles. The highest BCUT2D eigenvalue weighted by atomic mass is 16.6. The predicted octanol–water partition coefficient (Wildman–Crippen LogP) is 5.65. The van der Waals surface area contributed by atoms with Crippen molar-refractivity contribution in [1.29, 1.82) is 0 Å². The van der Waals surface area contributed by atoms with E-state index in [1.807, 2.05) is 37.3 Å². The standard InChI is InChI=1S/C32H45N3O5/c1-5-6-21-35(28(24-17-19-26(36)20-18-24)29(37)33-25-15-11-8-12-16-25)30(38)27(22-23-13-9-7-10-14-23)34-31(39)40-32(2,3)4/h7,9-10,13-14,17-20,25,27-28,36H,5-6,8,11-12,15-16,21-22H2,1-4H3,(H,33,37)(H,34,39). The summed E-state index contributed by atoms with van der Waals surface area (Å²) in [6, 6.07) is 14.1. The lowest BCUT2D eigenvalue weighted by Crippen LogP contribution is -2.54. The van der Waals surface area contributed by atoms with Crippen LogP contribution in [0.15, 0.2) is 54.6 Å². The van der Waals surface area contributed by atoms with E-state index in [-0.39, 0.29) is 30.0 Å². The molecule has 0 radical (unpaired) electrons. The van der Waals surface area contributed by atoms with Crippen LogP contribution in [0.25, 0.3) is 0 Å². The molecule has 1 aliphatic rings. The number of carbonyl (C=O) groups is 3. The first kappa shape index (κ1) is 31.0. The summed E-state index contributed by atoms with van der Waals surface area (Å²) >= 11 is 0. The molecule has 0 bridgehead atoms. The lowest BCUT2D eigenvalue weighted by molar-refractivity contribution is -0.143. The van der Waals surface area contributed by atoms with Gasteiger partial charge in [-0.05, 0) is 63.3 Å². The Bertz CT molecular complexity index is 1090. The number of hydrogen-bond donors (Lipinski definition) is 3. The quantitative estimate of drug-likeness (QED) is 0.335. The Labute approximate surface area is 238 Å². The summed E-state index contributed by atoms with van der Waals surface area (Å²) in [6.45, 7) is 7.67. The number of phenols is 1. The summed E-state index contributed by atoms with van der Waals surface area (Å²) in [5, 5.41) is 15.9. The molecule has 1 fully saturated rings. The van der Waals surface area contributed by atoms with Gasteiger partial charge in [-0.1, -0.05) is 75.1 Å². The number of hydrogen-bond acceptors (Lipinski definition) is 5. The number of phenolic OH excluding ortho intramolecular Hbond substituents is 1. The zero-order chi connectivity index (χ0) is 29.1. The van der Waals surface area contributed by atoms with Crippen LogP contribution in [0.5, 0.6) is 5.75 Å². The number of alkyl carbamates (subject to hydrolysis) is 1. The SMILES string of the molecule is CCCCN(C(=O)C(Cc1ccccc1)NC(=O)OC(C)(C)C)C(C(=O)NC1CCCCC1)c1ccc(O)cc1. The molecular formula is C32H45N3O5. The van der Waals surface area contributed by atoms with Crippen molar-refractivity contribution < 1.29 is 24.2 Å². The van der Waals surface area contributed by atoms with Crippen molar-refractivity contribution >= 4 is 17.9 Å². The average molecular weight is 552 g/mol. The van der Waals surface area contributed by atoms with E-state index in [0.29, 0.717) is 18.5 Å². The minimum Gasteiger partial charge on any atom is -0.508 e. The predicted molar refractivity (Wildman–Crippen MR) is 156 cm³/mol. The number of nitrogens with one attached hydrogen (secondary N) is 2. The molecule has 8 heteroatoms. The zero-order valence-corrected chi connectivity index (χ0v) is 24.3. The zero-order valence-electron chi connectivity index (χ0n) is 24.3. The largest absolute Gasteiger partial charge is 0.508 e. The highest BCUT2D eigenvalue weighted by Crippen LogP contribution is 2.27. The van der Waals surface area contributed by atoms with E-state index in [1.165, 1.54) is 12.1 Å². The number of amides is 3. The second-order valence-corrected chi connectivity index (χ2v) is 11.6. The van der Waals surface area contributed by atoms with Crippen LogP contribution in [0.1, 0.15) is 89.8 Å². The van der Waals surface area contributed by atoms with Crippen molar-refractivity contribution in [2.24, 2.45) is 0 Å². The van der Waals surface area contributed by atoms with Gasteiger partial charge in [0.2, 0.25) is 11.8 Å². The van der Waals surface area contributed by atoms with E-state index in [2.05, 4.69) is 10.6 Å². The molecule has 3 amide bonds. The van der Waals surface area contributed by atoms with Gasteiger partial charge < -0.3 is 25.4 Å². The first-order valence-electron chi connectivity index (χ1n) is 14.5. The fraction of sp³-hybridized carbons (Fsp3) is 0.531. The van der Waals surface area contributed by atoms with Crippen LogP contribution < -0.4 is 10.6 Å². The summed E-state index contributed by atoms with van der Waals surface area (Å²) in [7, 11) is 0. The van der Waals surface area contributed by atoms with E-state index < -0.39 is 23.8 Å².